The van der Waals surface area contributed by atoms with Gasteiger partial charge >= 0.3 is 0 Å². The molecule has 0 spiro atoms. The molecule has 0 aromatic carbocycles. The Bertz CT molecular complexity index is 246. The summed E-state index contributed by atoms with van der Waals surface area (Å²) in [6, 6.07) is 0.199. The van der Waals surface area contributed by atoms with Gasteiger partial charge in [0.1, 0.15) is 0 Å². The second-order valence-corrected chi connectivity index (χ2v) is 6.27. The average Bonchev–Trinajstić information content (AvgIpc) is 2.28. The van der Waals surface area contributed by atoms with Gasteiger partial charge in [-0.2, -0.15) is 0 Å². The lowest BCUT2D eigenvalue weighted by Gasteiger charge is -2.38. The first-order chi connectivity index (χ1) is 8.09. The van der Waals surface area contributed by atoms with Gasteiger partial charge in [-0.05, 0) is 31.6 Å². The smallest absolute Gasteiger partial charge is 0.0774 e. The molecule has 2 fully saturated rings. The van der Waals surface area contributed by atoms with Gasteiger partial charge in [0.05, 0.1) is 11.7 Å². The van der Waals surface area contributed by atoms with Gasteiger partial charge in [0, 0.05) is 12.6 Å². The van der Waals surface area contributed by atoms with Gasteiger partial charge in [0.25, 0.3) is 0 Å². The van der Waals surface area contributed by atoms with Gasteiger partial charge in [0.15, 0.2) is 0 Å². The van der Waals surface area contributed by atoms with Gasteiger partial charge in [-0.3, -0.25) is 0 Å². The SMILES string of the molecule is CC1CCCC(O)(CN[C@@H]2CCCC[C@H]2O)C1. The lowest BCUT2D eigenvalue weighted by atomic mass is 9.78. The maximum absolute atomic E-state index is 10.5. The summed E-state index contributed by atoms with van der Waals surface area (Å²) < 4.78 is 0. The van der Waals surface area contributed by atoms with E-state index in [0.717, 1.165) is 38.5 Å². The Hall–Kier alpha value is -0.120. The van der Waals surface area contributed by atoms with Crippen LogP contribution in [0.5, 0.6) is 0 Å². The minimum atomic E-state index is -0.533. The van der Waals surface area contributed by atoms with E-state index in [2.05, 4.69) is 12.2 Å². The Morgan fingerprint density at radius 3 is 2.65 bits per heavy atom. The summed E-state index contributed by atoms with van der Waals surface area (Å²) in [5, 5.41) is 23.8. The van der Waals surface area contributed by atoms with Gasteiger partial charge in [0.2, 0.25) is 0 Å². The molecule has 0 aromatic heterocycles. The zero-order valence-electron chi connectivity index (χ0n) is 11.0. The fraction of sp³-hybridized carbons (Fsp3) is 1.00. The first kappa shape index (κ1) is 13.3. The molecule has 2 aliphatic carbocycles. The minimum Gasteiger partial charge on any atom is -0.392 e. The Kier molecular flexibility index (Phi) is 4.45. The molecule has 17 heavy (non-hydrogen) atoms. The van der Waals surface area contributed by atoms with Crippen molar-refractivity contribution in [1.29, 1.82) is 0 Å². The monoisotopic (exact) mass is 241 g/mol. The van der Waals surface area contributed by atoms with Crippen LogP contribution in [-0.2, 0) is 0 Å². The molecule has 0 saturated heterocycles. The van der Waals surface area contributed by atoms with Crippen molar-refractivity contribution in [2.75, 3.05) is 6.54 Å². The molecule has 0 aromatic rings. The average molecular weight is 241 g/mol. The molecular formula is C14H27NO2. The fourth-order valence-corrected chi connectivity index (χ4v) is 3.46. The lowest BCUT2D eigenvalue weighted by molar-refractivity contribution is -0.0202. The fourth-order valence-electron chi connectivity index (χ4n) is 3.46. The largest absolute Gasteiger partial charge is 0.392 e. The lowest BCUT2D eigenvalue weighted by Crippen LogP contribution is -2.51. The highest BCUT2D eigenvalue weighted by atomic mass is 16.3. The Morgan fingerprint density at radius 2 is 1.94 bits per heavy atom. The summed E-state index contributed by atoms with van der Waals surface area (Å²) in [7, 11) is 0. The molecule has 3 N–H and O–H groups in total. The van der Waals surface area contributed by atoms with Crippen LogP contribution in [0.25, 0.3) is 0 Å². The van der Waals surface area contributed by atoms with E-state index in [9.17, 15) is 10.2 Å². The number of rotatable bonds is 3. The number of aliphatic hydroxyl groups is 2. The molecule has 100 valence electrons. The summed E-state index contributed by atoms with van der Waals surface area (Å²) in [5.41, 5.74) is -0.533. The molecule has 2 saturated carbocycles. The highest BCUT2D eigenvalue weighted by Gasteiger charge is 2.34. The second-order valence-electron chi connectivity index (χ2n) is 6.27. The Balaban J connectivity index is 1.79. The Morgan fingerprint density at radius 1 is 1.18 bits per heavy atom. The van der Waals surface area contributed by atoms with E-state index in [4.69, 9.17) is 0 Å². The molecule has 4 atom stereocenters. The van der Waals surface area contributed by atoms with Crippen LogP contribution in [0.2, 0.25) is 0 Å². The molecule has 3 nitrogen and oxygen atoms in total. The van der Waals surface area contributed by atoms with Crippen molar-refractivity contribution >= 4 is 0 Å². The molecule has 0 radical (unpaired) electrons. The summed E-state index contributed by atoms with van der Waals surface area (Å²) >= 11 is 0. The summed E-state index contributed by atoms with van der Waals surface area (Å²) in [4.78, 5) is 0. The van der Waals surface area contributed by atoms with E-state index < -0.39 is 5.60 Å². The molecule has 2 rings (SSSR count). The molecule has 0 heterocycles. The van der Waals surface area contributed by atoms with Crippen LogP contribution < -0.4 is 5.32 Å². The quantitative estimate of drug-likeness (QED) is 0.706. The third-order valence-corrected chi connectivity index (χ3v) is 4.49. The van der Waals surface area contributed by atoms with Crippen LogP contribution in [0.3, 0.4) is 0 Å². The third-order valence-electron chi connectivity index (χ3n) is 4.49. The molecule has 3 heteroatoms. The Labute approximate surface area is 105 Å². The van der Waals surface area contributed by atoms with E-state index in [1.807, 2.05) is 0 Å². The number of hydrogen-bond acceptors (Lipinski definition) is 3. The molecule has 0 bridgehead atoms. The molecule has 2 aliphatic rings. The van der Waals surface area contributed by atoms with Crippen LogP contribution in [0.4, 0.5) is 0 Å². The predicted molar refractivity (Wildman–Crippen MR) is 68.8 cm³/mol. The molecule has 2 unspecified atom stereocenters. The second kappa shape index (κ2) is 5.68. The predicted octanol–water partition coefficient (Wildman–Crippen LogP) is 1.82. The summed E-state index contributed by atoms with van der Waals surface area (Å²) in [5.74, 6) is 0.631. The van der Waals surface area contributed by atoms with E-state index in [0.29, 0.717) is 12.5 Å². The number of aliphatic hydroxyl groups excluding tert-OH is 1. The highest BCUT2D eigenvalue weighted by Crippen LogP contribution is 2.32. The van der Waals surface area contributed by atoms with E-state index in [1.54, 1.807) is 0 Å². The van der Waals surface area contributed by atoms with E-state index >= 15 is 0 Å². The zero-order chi connectivity index (χ0) is 12.3. The van der Waals surface area contributed by atoms with Gasteiger partial charge in [-0.25, -0.2) is 0 Å². The first-order valence-corrected chi connectivity index (χ1v) is 7.23. The summed E-state index contributed by atoms with van der Waals surface area (Å²) in [6.07, 6.45) is 8.27. The van der Waals surface area contributed by atoms with Crippen molar-refractivity contribution in [3.63, 3.8) is 0 Å². The topological polar surface area (TPSA) is 52.5 Å². The van der Waals surface area contributed by atoms with Crippen molar-refractivity contribution in [3.05, 3.63) is 0 Å². The highest BCUT2D eigenvalue weighted by molar-refractivity contribution is 4.90. The van der Waals surface area contributed by atoms with Crippen LogP contribution in [0.15, 0.2) is 0 Å². The van der Waals surface area contributed by atoms with Crippen molar-refractivity contribution in [1.82, 2.24) is 5.32 Å². The molecule has 0 aliphatic heterocycles. The zero-order valence-corrected chi connectivity index (χ0v) is 11.0. The minimum absolute atomic E-state index is 0.199. The van der Waals surface area contributed by atoms with Gasteiger partial charge in [-0.1, -0.05) is 32.6 Å². The molecular weight excluding hydrogens is 214 g/mol. The van der Waals surface area contributed by atoms with Crippen LogP contribution in [-0.4, -0.2) is 34.5 Å². The number of hydrogen-bond donors (Lipinski definition) is 3. The van der Waals surface area contributed by atoms with Crippen LogP contribution >= 0.6 is 0 Å². The number of nitrogens with one attached hydrogen (secondary N) is 1. The maximum Gasteiger partial charge on any atom is 0.0774 e. The summed E-state index contributed by atoms with van der Waals surface area (Å²) in [6.45, 7) is 2.87. The third kappa shape index (κ3) is 3.67. The van der Waals surface area contributed by atoms with Crippen molar-refractivity contribution in [3.8, 4) is 0 Å². The van der Waals surface area contributed by atoms with Crippen molar-refractivity contribution < 1.29 is 10.2 Å². The van der Waals surface area contributed by atoms with Crippen LogP contribution in [0.1, 0.15) is 58.3 Å². The van der Waals surface area contributed by atoms with Crippen LogP contribution in [0, 0.1) is 5.92 Å². The van der Waals surface area contributed by atoms with E-state index in [1.165, 1.54) is 12.8 Å². The normalized spacial score (nSPS) is 43.6. The van der Waals surface area contributed by atoms with Crippen molar-refractivity contribution in [2.24, 2.45) is 5.92 Å². The standard InChI is InChI=1S/C14H27NO2/c1-11-5-4-8-14(17,9-11)10-15-12-6-2-3-7-13(12)16/h11-13,15-17H,2-10H2,1H3/t11?,12-,13-,14?/m1/s1. The molecule has 0 amide bonds. The van der Waals surface area contributed by atoms with E-state index in [-0.39, 0.29) is 12.1 Å². The van der Waals surface area contributed by atoms with Gasteiger partial charge < -0.3 is 15.5 Å². The maximum atomic E-state index is 10.5. The van der Waals surface area contributed by atoms with Crippen molar-refractivity contribution in [2.45, 2.75) is 76.0 Å². The van der Waals surface area contributed by atoms with Gasteiger partial charge in [-0.15, -0.1) is 0 Å². The first-order valence-electron chi connectivity index (χ1n) is 7.23.